The number of amides is 2. The molecule has 13 heteroatoms. The van der Waals surface area contributed by atoms with Crippen molar-refractivity contribution in [1.82, 2.24) is 24.1 Å². The summed E-state index contributed by atoms with van der Waals surface area (Å²) in [4.78, 5) is 23.5. The Hall–Kier alpha value is -2.63. The molecule has 3 rings (SSSR count). The first kappa shape index (κ1) is 18.2. The molecule has 0 saturated carbocycles. The molecule has 0 atom stereocenters. The van der Waals surface area contributed by atoms with Gasteiger partial charge in [-0.3, -0.25) is 9.72 Å². The maximum absolute atomic E-state index is 12.5. The Bertz CT molecular complexity index is 1100. The second kappa shape index (κ2) is 6.94. The van der Waals surface area contributed by atoms with Gasteiger partial charge in [0.1, 0.15) is 10.8 Å². The van der Waals surface area contributed by atoms with Crippen LogP contribution in [-0.2, 0) is 10.0 Å². The number of aromatic nitrogens is 4. The second-order valence-corrected chi connectivity index (χ2v) is 7.10. The number of urea groups is 1. The fourth-order valence-electron chi connectivity index (χ4n) is 2.04. The van der Waals surface area contributed by atoms with E-state index in [1.54, 1.807) is 18.2 Å². The van der Waals surface area contributed by atoms with E-state index in [0.717, 1.165) is 0 Å². The van der Waals surface area contributed by atoms with Crippen LogP contribution in [0.4, 0.5) is 10.7 Å². The van der Waals surface area contributed by atoms with Crippen LogP contribution in [0.25, 0.3) is 5.65 Å². The van der Waals surface area contributed by atoms with Gasteiger partial charge in [0.05, 0.1) is 7.11 Å². The SMILES string of the molecule is COc1cc(Cl)nc(NC(=O)NS(=O)(=O)c2c(Cl)nc3ccccn23)n1. The number of nitrogens with zero attached hydrogens (tertiary/aromatic N) is 4. The van der Waals surface area contributed by atoms with E-state index in [1.807, 2.05) is 4.72 Å². The van der Waals surface area contributed by atoms with Crippen molar-refractivity contribution in [3.05, 3.63) is 40.8 Å². The molecule has 0 aromatic carbocycles. The van der Waals surface area contributed by atoms with E-state index in [4.69, 9.17) is 27.9 Å². The number of ether oxygens (including phenoxy) is 1. The van der Waals surface area contributed by atoms with Gasteiger partial charge in [-0.15, -0.1) is 0 Å². The molecule has 0 bridgehead atoms. The van der Waals surface area contributed by atoms with E-state index in [0.29, 0.717) is 5.65 Å². The standard InChI is InChI=1S/C13H10Cl2N6O4S/c1-25-9-6-7(14)16-12(18-9)19-13(22)20-26(23,24)11-10(15)17-8-4-2-3-5-21(8)11/h2-6H,1H3,(H2,16,18,19,20,22). The van der Waals surface area contributed by atoms with Crippen molar-refractivity contribution in [2.45, 2.75) is 5.03 Å². The van der Waals surface area contributed by atoms with Crippen LogP contribution >= 0.6 is 23.2 Å². The Morgan fingerprint density at radius 2 is 2.00 bits per heavy atom. The van der Waals surface area contributed by atoms with Crippen LogP contribution in [0.1, 0.15) is 0 Å². The summed E-state index contributed by atoms with van der Waals surface area (Å²) in [7, 11) is -2.99. The third kappa shape index (κ3) is 3.64. The van der Waals surface area contributed by atoms with Crippen molar-refractivity contribution in [1.29, 1.82) is 0 Å². The molecule has 2 amide bonds. The predicted octanol–water partition coefficient (Wildman–Crippen LogP) is 1.95. The Morgan fingerprint density at radius 1 is 1.23 bits per heavy atom. The van der Waals surface area contributed by atoms with Gasteiger partial charge in [0.2, 0.25) is 11.8 Å². The summed E-state index contributed by atoms with van der Waals surface area (Å²) < 4.78 is 32.9. The Balaban J connectivity index is 1.86. The summed E-state index contributed by atoms with van der Waals surface area (Å²) in [5.74, 6) is -0.153. The number of pyridine rings is 1. The van der Waals surface area contributed by atoms with Gasteiger partial charge < -0.3 is 4.74 Å². The highest BCUT2D eigenvalue weighted by molar-refractivity contribution is 7.90. The van der Waals surface area contributed by atoms with E-state index in [-0.39, 0.29) is 27.2 Å². The Labute approximate surface area is 157 Å². The van der Waals surface area contributed by atoms with E-state index in [9.17, 15) is 13.2 Å². The van der Waals surface area contributed by atoms with Gasteiger partial charge in [-0.2, -0.15) is 13.4 Å². The number of nitrogens with one attached hydrogen (secondary N) is 2. The third-order valence-electron chi connectivity index (χ3n) is 3.03. The second-order valence-electron chi connectivity index (χ2n) is 4.75. The number of carbonyl (C=O) groups excluding carboxylic acids is 1. The molecular formula is C13H10Cl2N6O4S. The van der Waals surface area contributed by atoms with Crippen molar-refractivity contribution in [3.63, 3.8) is 0 Å². The van der Waals surface area contributed by atoms with Gasteiger partial charge in [0, 0.05) is 12.3 Å². The highest BCUT2D eigenvalue weighted by atomic mass is 35.5. The summed E-state index contributed by atoms with van der Waals surface area (Å²) in [5.41, 5.74) is 0.307. The van der Waals surface area contributed by atoms with Crippen LogP contribution in [0.15, 0.2) is 35.5 Å². The first-order chi connectivity index (χ1) is 12.3. The van der Waals surface area contributed by atoms with E-state index in [1.165, 1.54) is 23.8 Å². The first-order valence-corrected chi connectivity index (χ1v) is 9.09. The Kier molecular flexibility index (Phi) is 4.85. The number of anilines is 1. The van der Waals surface area contributed by atoms with Crippen LogP contribution in [0, 0.1) is 0 Å². The maximum atomic E-state index is 12.5. The molecule has 0 aliphatic carbocycles. The molecule has 26 heavy (non-hydrogen) atoms. The van der Waals surface area contributed by atoms with Crippen molar-refractivity contribution in [2.24, 2.45) is 0 Å². The number of rotatable bonds is 4. The minimum Gasteiger partial charge on any atom is -0.481 e. The van der Waals surface area contributed by atoms with Gasteiger partial charge in [-0.05, 0) is 12.1 Å². The van der Waals surface area contributed by atoms with E-state index < -0.39 is 16.1 Å². The average Bonchev–Trinajstić information content (AvgIpc) is 2.89. The fourth-order valence-corrected chi connectivity index (χ4v) is 3.77. The van der Waals surface area contributed by atoms with E-state index in [2.05, 4.69) is 20.3 Å². The molecule has 0 radical (unpaired) electrons. The molecule has 10 nitrogen and oxygen atoms in total. The molecule has 0 saturated heterocycles. The predicted molar refractivity (Wildman–Crippen MR) is 93.1 cm³/mol. The highest BCUT2D eigenvalue weighted by Crippen LogP contribution is 2.22. The number of hydrogen-bond donors (Lipinski definition) is 2. The molecule has 3 heterocycles. The average molecular weight is 417 g/mol. The zero-order chi connectivity index (χ0) is 18.9. The summed E-state index contributed by atoms with van der Waals surface area (Å²) in [6, 6.07) is 5.03. The van der Waals surface area contributed by atoms with Crippen LogP contribution in [0.5, 0.6) is 5.88 Å². The maximum Gasteiger partial charge on any atom is 0.335 e. The van der Waals surface area contributed by atoms with Crippen molar-refractivity contribution >= 4 is 50.9 Å². The summed E-state index contributed by atoms with van der Waals surface area (Å²) in [6.07, 6.45) is 1.45. The summed E-state index contributed by atoms with van der Waals surface area (Å²) in [6.45, 7) is 0. The van der Waals surface area contributed by atoms with Crippen molar-refractivity contribution in [2.75, 3.05) is 12.4 Å². The number of methoxy groups -OCH3 is 1. The lowest BCUT2D eigenvalue weighted by Crippen LogP contribution is -2.35. The number of carbonyl (C=O) groups is 1. The molecular weight excluding hydrogens is 407 g/mol. The zero-order valence-electron chi connectivity index (χ0n) is 13.0. The summed E-state index contributed by atoms with van der Waals surface area (Å²) >= 11 is 11.7. The van der Waals surface area contributed by atoms with Crippen molar-refractivity contribution in [3.8, 4) is 5.88 Å². The summed E-state index contributed by atoms with van der Waals surface area (Å²) in [5, 5.41) is 1.49. The fraction of sp³-hybridized carbons (Fsp3) is 0.0769. The normalized spacial score (nSPS) is 11.3. The van der Waals surface area contributed by atoms with Gasteiger partial charge in [0.25, 0.3) is 10.0 Å². The Morgan fingerprint density at radius 3 is 2.73 bits per heavy atom. The first-order valence-electron chi connectivity index (χ1n) is 6.85. The molecule has 136 valence electrons. The van der Waals surface area contributed by atoms with Crippen LogP contribution < -0.4 is 14.8 Å². The van der Waals surface area contributed by atoms with Crippen molar-refractivity contribution < 1.29 is 17.9 Å². The van der Waals surface area contributed by atoms with Gasteiger partial charge in [-0.25, -0.2) is 19.5 Å². The monoisotopic (exact) mass is 416 g/mol. The van der Waals surface area contributed by atoms with Gasteiger partial charge in [-0.1, -0.05) is 29.3 Å². The van der Waals surface area contributed by atoms with Crippen LogP contribution in [0.2, 0.25) is 10.3 Å². The molecule has 3 aromatic rings. The molecule has 0 aliphatic rings. The van der Waals surface area contributed by atoms with Gasteiger partial charge >= 0.3 is 6.03 Å². The largest absolute Gasteiger partial charge is 0.481 e. The van der Waals surface area contributed by atoms with Gasteiger partial charge in [0.15, 0.2) is 10.2 Å². The lowest BCUT2D eigenvalue weighted by atomic mass is 10.5. The number of fused-ring (bicyclic) bond motifs is 1. The highest BCUT2D eigenvalue weighted by Gasteiger charge is 2.26. The third-order valence-corrected chi connectivity index (χ3v) is 4.96. The number of imidazole rings is 1. The van der Waals surface area contributed by atoms with Crippen LogP contribution in [-0.4, -0.2) is 40.9 Å². The molecule has 0 fully saturated rings. The number of hydrogen-bond acceptors (Lipinski definition) is 7. The van der Waals surface area contributed by atoms with Crippen LogP contribution in [0.3, 0.4) is 0 Å². The van der Waals surface area contributed by atoms with E-state index >= 15 is 0 Å². The lowest BCUT2D eigenvalue weighted by Gasteiger charge is -2.08. The lowest BCUT2D eigenvalue weighted by molar-refractivity contribution is 0.256. The minimum atomic E-state index is -4.33. The molecule has 0 unspecified atom stereocenters. The number of sulfonamides is 1. The quantitative estimate of drug-likeness (QED) is 0.621. The topological polar surface area (TPSA) is 128 Å². The number of halogens is 2. The molecule has 0 spiro atoms. The molecule has 2 N–H and O–H groups in total. The molecule has 0 aliphatic heterocycles. The minimum absolute atomic E-state index is 0.000152. The molecule has 3 aromatic heterocycles. The smallest absolute Gasteiger partial charge is 0.335 e. The zero-order valence-corrected chi connectivity index (χ0v) is 15.3.